The summed E-state index contributed by atoms with van der Waals surface area (Å²) < 4.78 is 75.8. The minimum atomic E-state index is -4.65. The summed E-state index contributed by atoms with van der Waals surface area (Å²) in [6, 6.07) is 5.00. The molecule has 0 bridgehead atoms. The molecule has 3 rings (SSSR count). The molecular weight excluding hydrogens is 575 g/mol. The standard InChI is InChI=1S/C23H24ClF5N4O5S/c1-2-32(12-23(27,28)29)15(10-30-21(36)17-5-6-18(24)39-17)20(35)31-13-3-4-14(16(9-13)38-22(25)26)33-7-8-37-11-19(33)34/h3-6,9,15,22H,2,7-8,10-12H2,1H3,(H,30,36)(H,31,35)/t15-/m1/s1. The van der Waals surface area contributed by atoms with Gasteiger partial charge in [0.15, 0.2) is 5.75 Å². The van der Waals surface area contributed by atoms with E-state index in [0.29, 0.717) is 4.34 Å². The lowest BCUT2D eigenvalue weighted by Crippen LogP contribution is -2.53. The van der Waals surface area contributed by atoms with Crippen LogP contribution in [0.25, 0.3) is 0 Å². The zero-order chi connectivity index (χ0) is 28.7. The molecule has 1 aliphatic rings. The highest BCUT2D eigenvalue weighted by Gasteiger charge is 2.36. The second-order valence-electron chi connectivity index (χ2n) is 8.16. The lowest BCUT2D eigenvalue weighted by atomic mass is 10.1. The van der Waals surface area contributed by atoms with Gasteiger partial charge in [-0.15, -0.1) is 11.3 Å². The van der Waals surface area contributed by atoms with E-state index >= 15 is 0 Å². The number of anilines is 2. The number of thiophene rings is 1. The topological polar surface area (TPSA) is 100 Å². The molecule has 1 aliphatic heterocycles. The van der Waals surface area contributed by atoms with Crippen molar-refractivity contribution in [1.29, 1.82) is 0 Å². The van der Waals surface area contributed by atoms with Gasteiger partial charge < -0.3 is 25.0 Å². The predicted molar refractivity (Wildman–Crippen MR) is 134 cm³/mol. The van der Waals surface area contributed by atoms with Crippen LogP contribution in [0.5, 0.6) is 5.75 Å². The zero-order valence-corrected chi connectivity index (χ0v) is 22.0. The Kier molecular flexibility index (Phi) is 10.5. The minimum absolute atomic E-state index is 0.00674. The third-order valence-electron chi connectivity index (χ3n) is 5.50. The maximum Gasteiger partial charge on any atom is 0.401 e. The Morgan fingerprint density at radius 1 is 1.26 bits per heavy atom. The Bertz CT molecular complexity index is 1180. The van der Waals surface area contributed by atoms with Crippen LogP contribution in [-0.4, -0.2) is 80.8 Å². The number of carbonyl (C=O) groups excluding carboxylic acids is 3. The fourth-order valence-corrected chi connectivity index (χ4v) is 4.74. The highest BCUT2D eigenvalue weighted by Crippen LogP contribution is 2.34. The van der Waals surface area contributed by atoms with Gasteiger partial charge in [-0.05, 0) is 30.8 Å². The van der Waals surface area contributed by atoms with E-state index in [1.165, 1.54) is 36.1 Å². The van der Waals surface area contributed by atoms with Crippen LogP contribution >= 0.6 is 22.9 Å². The molecule has 0 unspecified atom stereocenters. The van der Waals surface area contributed by atoms with E-state index in [1.807, 2.05) is 0 Å². The maximum atomic E-state index is 13.2. The van der Waals surface area contributed by atoms with Gasteiger partial charge in [0, 0.05) is 24.8 Å². The number of carbonyl (C=O) groups is 3. The first-order valence-electron chi connectivity index (χ1n) is 11.5. The largest absolute Gasteiger partial charge is 0.433 e. The third kappa shape index (κ3) is 8.74. The van der Waals surface area contributed by atoms with Gasteiger partial charge in [0.05, 0.1) is 28.1 Å². The molecule has 0 radical (unpaired) electrons. The second kappa shape index (κ2) is 13.4. The quantitative estimate of drug-likeness (QED) is 0.380. The van der Waals surface area contributed by atoms with Gasteiger partial charge >= 0.3 is 12.8 Å². The minimum Gasteiger partial charge on any atom is -0.433 e. The van der Waals surface area contributed by atoms with Crippen LogP contribution in [0.3, 0.4) is 0 Å². The van der Waals surface area contributed by atoms with Gasteiger partial charge in [0.25, 0.3) is 11.8 Å². The van der Waals surface area contributed by atoms with Crippen LogP contribution in [0.1, 0.15) is 16.6 Å². The Hall–Kier alpha value is -3.01. The number of nitrogens with zero attached hydrogens (tertiary/aromatic N) is 2. The summed E-state index contributed by atoms with van der Waals surface area (Å²) in [4.78, 5) is 40.0. The molecule has 214 valence electrons. The van der Waals surface area contributed by atoms with Gasteiger partial charge in [-0.2, -0.15) is 22.0 Å². The molecule has 39 heavy (non-hydrogen) atoms. The predicted octanol–water partition coefficient (Wildman–Crippen LogP) is 3.99. The van der Waals surface area contributed by atoms with Gasteiger partial charge in [0.2, 0.25) is 5.91 Å². The van der Waals surface area contributed by atoms with Crippen molar-refractivity contribution in [3.8, 4) is 5.75 Å². The first kappa shape index (κ1) is 30.5. The van der Waals surface area contributed by atoms with Crippen molar-refractivity contribution < 1.29 is 45.8 Å². The highest BCUT2D eigenvalue weighted by atomic mass is 35.5. The molecule has 2 heterocycles. The molecule has 1 fully saturated rings. The first-order valence-corrected chi connectivity index (χ1v) is 12.7. The Morgan fingerprint density at radius 2 is 2.00 bits per heavy atom. The van der Waals surface area contributed by atoms with Crippen LogP contribution in [0.4, 0.5) is 33.3 Å². The number of alkyl halides is 5. The van der Waals surface area contributed by atoms with Crippen molar-refractivity contribution in [1.82, 2.24) is 10.2 Å². The molecule has 1 atom stereocenters. The van der Waals surface area contributed by atoms with Crippen LogP contribution < -0.4 is 20.3 Å². The molecule has 3 amide bonds. The number of morpholine rings is 1. The smallest absolute Gasteiger partial charge is 0.401 e. The average molecular weight is 599 g/mol. The number of halogens is 6. The average Bonchev–Trinajstić information content (AvgIpc) is 3.29. The van der Waals surface area contributed by atoms with Crippen molar-refractivity contribution in [3.63, 3.8) is 0 Å². The summed E-state index contributed by atoms with van der Waals surface area (Å²) in [7, 11) is 0. The van der Waals surface area contributed by atoms with E-state index in [1.54, 1.807) is 0 Å². The Labute approximate surface area is 228 Å². The van der Waals surface area contributed by atoms with E-state index in [9.17, 15) is 36.3 Å². The van der Waals surface area contributed by atoms with Crippen molar-refractivity contribution in [3.05, 3.63) is 39.5 Å². The molecule has 1 aromatic heterocycles. The molecule has 16 heteroatoms. The van der Waals surface area contributed by atoms with E-state index in [0.717, 1.165) is 22.3 Å². The Balaban J connectivity index is 1.84. The normalized spacial score (nSPS) is 15.0. The maximum absolute atomic E-state index is 13.2. The molecule has 1 saturated heterocycles. The monoisotopic (exact) mass is 598 g/mol. The first-order chi connectivity index (χ1) is 18.4. The van der Waals surface area contributed by atoms with Crippen LogP contribution in [0, 0.1) is 0 Å². The molecule has 0 saturated carbocycles. The molecule has 9 nitrogen and oxygen atoms in total. The molecule has 0 aliphatic carbocycles. The zero-order valence-electron chi connectivity index (χ0n) is 20.4. The van der Waals surface area contributed by atoms with Crippen molar-refractivity contribution >= 4 is 52.0 Å². The molecule has 2 aromatic rings. The van der Waals surface area contributed by atoms with E-state index in [2.05, 4.69) is 15.4 Å². The summed E-state index contributed by atoms with van der Waals surface area (Å²) in [5, 5.41) is 4.83. The van der Waals surface area contributed by atoms with Crippen LogP contribution in [0.2, 0.25) is 4.34 Å². The number of hydrogen-bond donors (Lipinski definition) is 2. The van der Waals surface area contributed by atoms with Crippen molar-refractivity contribution in [2.45, 2.75) is 25.8 Å². The molecule has 1 aromatic carbocycles. The number of rotatable bonds is 11. The number of amides is 3. The molecular formula is C23H24ClF5N4O5S. The molecule has 2 N–H and O–H groups in total. The van der Waals surface area contributed by atoms with Gasteiger partial charge in [-0.3, -0.25) is 19.3 Å². The number of benzene rings is 1. The highest BCUT2D eigenvalue weighted by molar-refractivity contribution is 7.18. The summed E-state index contributed by atoms with van der Waals surface area (Å²) >= 11 is 6.77. The van der Waals surface area contributed by atoms with Crippen molar-refractivity contribution in [2.24, 2.45) is 0 Å². The van der Waals surface area contributed by atoms with Crippen molar-refractivity contribution in [2.75, 3.05) is 49.6 Å². The number of nitrogens with one attached hydrogen (secondary N) is 2. The van der Waals surface area contributed by atoms with E-state index in [4.69, 9.17) is 16.3 Å². The van der Waals surface area contributed by atoms with Gasteiger partial charge in [0.1, 0.15) is 12.6 Å². The number of hydrogen-bond acceptors (Lipinski definition) is 7. The van der Waals surface area contributed by atoms with Gasteiger partial charge in [-0.25, -0.2) is 0 Å². The summed E-state index contributed by atoms with van der Waals surface area (Å²) in [6.45, 7) is -4.01. The van der Waals surface area contributed by atoms with Crippen LogP contribution in [0.15, 0.2) is 30.3 Å². The summed E-state index contributed by atoms with van der Waals surface area (Å²) in [6.07, 6.45) is -4.65. The lowest BCUT2D eigenvalue weighted by molar-refractivity contribution is -0.153. The SMILES string of the molecule is CCN(CC(F)(F)F)[C@H](CNC(=O)c1ccc(Cl)s1)C(=O)Nc1ccc(N2CCOCC2=O)c(OC(F)F)c1. The number of ether oxygens (including phenoxy) is 2. The number of likely N-dealkylation sites (N-methyl/N-ethyl adjacent to an activating group) is 1. The lowest BCUT2D eigenvalue weighted by Gasteiger charge is -2.31. The van der Waals surface area contributed by atoms with E-state index < -0.39 is 55.4 Å². The van der Waals surface area contributed by atoms with Gasteiger partial charge in [-0.1, -0.05) is 18.5 Å². The third-order valence-corrected chi connectivity index (χ3v) is 6.73. The summed E-state index contributed by atoms with van der Waals surface area (Å²) in [5.41, 5.74) is -0.0724. The summed E-state index contributed by atoms with van der Waals surface area (Å²) in [5.74, 6) is -2.51. The molecule has 0 spiro atoms. The Morgan fingerprint density at radius 3 is 2.59 bits per heavy atom. The van der Waals surface area contributed by atoms with E-state index in [-0.39, 0.29) is 42.6 Å². The van der Waals surface area contributed by atoms with Crippen LogP contribution in [-0.2, 0) is 14.3 Å². The fraction of sp³-hybridized carbons (Fsp3) is 0.435. The second-order valence-corrected chi connectivity index (χ2v) is 9.87. The fourth-order valence-electron chi connectivity index (χ4n) is 3.78.